The van der Waals surface area contributed by atoms with Crippen molar-refractivity contribution in [3.8, 4) is 5.75 Å². The van der Waals surface area contributed by atoms with E-state index in [1.807, 2.05) is 18.4 Å². The van der Waals surface area contributed by atoms with Gasteiger partial charge in [-0.2, -0.15) is 0 Å². The molecule has 0 aliphatic carbocycles. The summed E-state index contributed by atoms with van der Waals surface area (Å²) in [4.78, 5) is 26.4. The molecule has 0 aliphatic heterocycles. The Balaban J connectivity index is 1.79. The summed E-state index contributed by atoms with van der Waals surface area (Å²) >= 11 is 1.59. The molecule has 0 saturated heterocycles. The van der Waals surface area contributed by atoms with Crippen LogP contribution >= 0.6 is 11.8 Å². The summed E-state index contributed by atoms with van der Waals surface area (Å²) in [5.74, 6) is 0.124. The number of aliphatic hydroxyl groups excluding tert-OH is 1. The van der Waals surface area contributed by atoms with E-state index in [9.17, 15) is 9.59 Å². The summed E-state index contributed by atoms with van der Waals surface area (Å²) in [6.45, 7) is 0.0420. The van der Waals surface area contributed by atoms with Crippen LogP contribution in [0.2, 0.25) is 0 Å². The highest BCUT2D eigenvalue weighted by Crippen LogP contribution is 2.28. The molecule has 3 aromatic rings. The largest absolute Gasteiger partial charge is 0.491 e. The van der Waals surface area contributed by atoms with Crippen LogP contribution in [0.15, 0.2) is 89.8 Å². The lowest BCUT2D eigenvalue weighted by atomic mass is 10.0. The molecule has 2 amide bonds. The van der Waals surface area contributed by atoms with Crippen molar-refractivity contribution in [3.63, 3.8) is 0 Å². The summed E-state index contributed by atoms with van der Waals surface area (Å²) in [7, 11) is 1.45. The van der Waals surface area contributed by atoms with Crippen molar-refractivity contribution in [1.29, 1.82) is 0 Å². The summed E-state index contributed by atoms with van der Waals surface area (Å²) < 4.78 is 16.8. The average molecular weight is 538 g/mol. The molecule has 0 spiro atoms. The number of para-hydroxylation sites is 2. The second kappa shape index (κ2) is 14.7. The molecule has 0 aliphatic rings. The van der Waals surface area contributed by atoms with Crippen LogP contribution in [0.4, 0.5) is 21.9 Å². The number of aliphatic hydroxyl groups is 1. The standard InChI is InChI=1S/C28H31N3O6S/c1-35-25(15-16-26(33)31-24-6-4-3-5-23(24)29)27(19-7-11-21(12-8-19)36-18-17-32)37-28(34)30-20-9-13-22(38-2)14-10-20/h3-16,25,27,32H,17-18,29H2,1-2H3,(H,30,34)(H,31,33)/b16-15+/t25-,27-/m1/s1. The Morgan fingerprint density at radius 3 is 2.37 bits per heavy atom. The van der Waals surface area contributed by atoms with Crippen molar-refractivity contribution in [2.24, 2.45) is 0 Å². The van der Waals surface area contributed by atoms with E-state index in [2.05, 4.69) is 10.6 Å². The number of nitrogen functional groups attached to an aromatic ring is 1. The van der Waals surface area contributed by atoms with Crippen LogP contribution in [-0.2, 0) is 14.3 Å². The van der Waals surface area contributed by atoms with Crippen molar-refractivity contribution < 1.29 is 28.9 Å². The third-order valence-corrected chi connectivity index (χ3v) is 6.11. The van der Waals surface area contributed by atoms with E-state index >= 15 is 0 Å². The maximum atomic E-state index is 12.8. The van der Waals surface area contributed by atoms with Gasteiger partial charge in [0.25, 0.3) is 0 Å². The molecule has 0 aromatic heterocycles. The fourth-order valence-corrected chi connectivity index (χ4v) is 3.86. The van der Waals surface area contributed by atoms with E-state index in [-0.39, 0.29) is 13.2 Å². The molecule has 0 fully saturated rings. The molecule has 38 heavy (non-hydrogen) atoms. The minimum atomic E-state index is -0.900. The zero-order valence-electron chi connectivity index (χ0n) is 21.1. The van der Waals surface area contributed by atoms with E-state index in [1.54, 1.807) is 72.4 Å². The zero-order chi connectivity index (χ0) is 27.3. The van der Waals surface area contributed by atoms with E-state index < -0.39 is 24.2 Å². The number of ether oxygens (including phenoxy) is 3. The fourth-order valence-electron chi connectivity index (χ4n) is 3.45. The van der Waals surface area contributed by atoms with Gasteiger partial charge in [0.2, 0.25) is 5.91 Å². The van der Waals surface area contributed by atoms with Gasteiger partial charge in [0.15, 0.2) is 6.10 Å². The number of hydrogen-bond acceptors (Lipinski definition) is 8. The summed E-state index contributed by atoms with van der Waals surface area (Å²) in [5, 5.41) is 14.4. The number of amides is 2. The number of carbonyl (C=O) groups is 2. The topological polar surface area (TPSA) is 132 Å². The number of anilines is 3. The van der Waals surface area contributed by atoms with Gasteiger partial charge in [-0.3, -0.25) is 10.1 Å². The molecule has 3 rings (SSSR count). The van der Waals surface area contributed by atoms with Gasteiger partial charge >= 0.3 is 6.09 Å². The maximum Gasteiger partial charge on any atom is 0.412 e. The quantitative estimate of drug-likeness (QED) is 0.146. The van der Waals surface area contributed by atoms with E-state index in [4.69, 9.17) is 25.1 Å². The third-order valence-electron chi connectivity index (χ3n) is 5.37. The van der Waals surface area contributed by atoms with Crippen LogP contribution in [0.3, 0.4) is 0 Å². The molecule has 5 N–H and O–H groups in total. The maximum absolute atomic E-state index is 12.8. The zero-order valence-corrected chi connectivity index (χ0v) is 21.9. The molecular formula is C28H31N3O6S. The first-order chi connectivity index (χ1) is 18.4. The number of rotatable bonds is 12. The number of hydrogen-bond donors (Lipinski definition) is 4. The van der Waals surface area contributed by atoms with Crippen LogP contribution in [0.5, 0.6) is 5.75 Å². The number of benzene rings is 3. The first kappa shape index (κ1) is 28.6. The highest BCUT2D eigenvalue weighted by Gasteiger charge is 2.26. The molecular weight excluding hydrogens is 506 g/mol. The molecule has 2 atom stereocenters. The third kappa shape index (κ3) is 8.55. The minimum Gasteiger partial charge on any atom is -0.491 e. The van der Waals surface area contributed by atoms with Gasteiger partial charge in [-0.25, -0.2) is 4.79 Å². The van der Waals surface area contributed by atoms with Gasteiger partial charge in [0.05, 0.1) is 18.0 Å². The molecule has 9 nitrogen and oxygen atoms in total. The lowest BCUT2D eigenvalue weighted by Gasteiger charge is -2.24. The Kier molecular flexibility index (Phi) is 11.0. The highest BCUT2D eigenvalue weighted by molar-refractivity contribution is 7.98. The van der Waals surface area contributed by atoms with Gasteiger partial charge in [-0.05, 0) is 66.4 Å². The first-order valence-electron chi connectivity index (χ1n) is 11.7. The van der Waals surface area contributed by atoms with Crippen molar-refractivity contribution in [3.05, 3.63) is 90.5 Å². The van der Waals surface area contributed by atoms with E-state index in [1.165, 1.54) is 19.3 Å². The van der Waals surface area contributed by atoms with Gasteiger partial charge in [-0.15, -0.1) is 11.8 Å². The van der Waals surface area contributed by atoms with Crippen LogP contribution in [0.25, 0.3) is 0 Å². The molecule has 3 aromatic carbocycles. The number of nitrogens with one attached hydrogen (secondary N) is 2. The lowest BCUT2D eigenvalue weighted by Crippen LogP contribution is -2.27. The second-order valence-corrected chi connectivity index (χ2v) is 8.84. The normalized spacial score (nSPS) is 12.5. The highest BCUT2D eigenvalue weighted by atomic mass is 32.2. The summed E-state index contributed by atoms with van der Waals surface area (Å²) in [6.07, 6.45) is 2.38. The number of methoxy groups -OCH3 is 1. The molecule has 0 radical (unpaired) electrons. The average Bonchev–Trinajstić information content (AvgIpc) is 2.93. The van der Waals surface area contributed by atoms with Crippen LogP contribution < -0.4 is 21.1 Å². The Morgan fingerprint density at radius 2 is 1.74 bits per heavy atom. The predicted molar refractivity (Wildman–Crippen MR) is 150 cm³/mol. The van der Waals surface area contributed by atoms with Gasteiger partial charge in [0, 0.05) is 23.8 Å². The monoisotopic (exact) mass is 537 g/mol. The Bertz CT molecular complexity index is 1220. The van der Waals surface area contributed by atoms with Crippen molar-refractivity contribution in [2.45, 2.75) is 17.1 Å². The van der Waals surface area contributed by atoms with E-state index in [0.29, 0.717) is 28.4 Å². The van der Waals surface area contributed by atoms with Crippen LogP contribution in [0, 0.1) is 0 Å². The van der Waals surface area contributed by atoms with Crippen molar-refractivity contribution in [2.75, 3.05) is 42.9 Å². The fraction of sp³-hybridized carbons (Fsp3) is 0.214. The Labute approximate surface area is 226 Å². The first-order valence-corrected chi connectivity index (χ1v) is 13.0. The Morgan fingerprint density at radius 1 is 1.03 bits per heavy atom. The molecule has 10 heteroatoms. The molecule has 200 valence electrons. The number of carbonyl (C=O) groups excluding carboxylic acids is 2. The Hall–Kier alpha value is -3.99. The van der Waals surface area contributed by atoms with Crippen LogP contribution in [-0.4, -0.2) is 49.8 Å². The van der Waals surface area contributed by atoms with Crippen molar-refractivity contribution in [1.82, 2.24) is 0 Å². The molecule has 0 unspecified atom stereocenters. The SMILES string of the molecule is CO[C@H](/C=C/C(=O)Nc1ccccc1N)[C@H](OC(=O)Nc1ccc(SC)cc1)c1ccc(OCCO)cc1. The summed E-state index contributed by atoms with van der Waals surface area (Å²) in [5.41, 5.74) is 8.00. The second-order valence-electron chi connectivity index (χ2n) is 7.96. The number of nitrogens with two attached hydrogens (primary N) is 1. The molecule has 0 heterocycles. The number of thioether (sulfide) groups is 1. The van der Waals surface area contributed by atoms with Gasteiger partial charge in [-0.1, -0.05) is 24.3 Å². The van der Waals surface area contributed by atoms with Crippen LogP contribution in [0.1, 0.15) is 11.7 Å². The van der Waals surface area contributed by atoms with E-state index in [0.717, 1.165) is 4.90 Å². The predicted octanol–water partition coefficient (Wildman–Crippen LogP) is 4.86. The van der Waals surface area contributed by atoms with Gasteiger partial charge < -0.3 is 30.4 Å². The van der Waals surface area contributed by atoms with Crippen molar-refractivity contribution >= 4 is 40.8 Å². The smallest absolute Gasteiger partial charge is 0.412 e. The minimum absolute atomic E-state index is 0.112. The van der Waals surface area contributed by atoms with Gasteiger partial charge in [0.1, 0.15) is 18.5 Å². The summed E-state index contributed by atoms with van der Waals surface area (Å²) in [6, 6.07) is 21.1. The molecule has 0 saturated carbocycles. The molecule has 0 bridgehead atoms. The lowest BCUT2D eigenvalue weighted by molar-refractivity contribution is -0.112.